The summed E-state index contributed by atoms with van der Waals surface area (Å²) in [7, 11) is 2.17. The summed E-state index contributed by atoms with van der Waals surface area (Å²) in [6.07, 6.45) is 6.24. The maximum atomic E-state index is 9.20. The average Bonchev–Trinajstić information content (AvgIpc) is 0.819. The molecule has 0 unspecified atom stereocenters. The van der Waals surface area contributed by atoms with E-state index in [2.05, 4.69) is 256 Å². The lowest BCUT2D eigenvalue weighted by Crippen LogP contribution is -2.44. The first-order chi connectivity index (χ1) is 61.0. The van der Waals surface area contributed by atoms with Crippen molar-refractivity contribution < 1.29 is 9.47 Å². The van der Waals surface area contributed by atoms with E-state index in [1.165, 1.54) is 47.7 Å². The highest BCUT2D eigenvalue weighted by Gasteiger charge is 2.19. The number of nitriles is 6. The van der Waals surface area contributed by atoms with Crippen molar-refractivity contribution in [2.24, 2.45) is 0 Å². The zero-order chi connectivity index (χ0) is 86.9. The lowest BCUT2D eigenvalue weighted by Gasteiger charge is -2.34. The van der Waals surface area contributed by atoms with Crippen molar-refractivity contribution >= 4 is 34.1 Å². The topological polar surface area (TPSA) is 196 Å². The third kappa shape index (κ3) is 26.1. The van der Waals surface area contributed by atoms with Gasteiger partial charge in [-0.25, -0.2) is 0 Å². The Morgan fingerprint density at radius 2 is 0.573 bits per heavy atom. The van der Waals surface area contributed by atoms with Crippen LogP contribution in [0.5, 0.6) is 0 Å². The number of nitrogens with zero attached hydrogens (tertiary/aromatic N) is 13. The van der Waals surface area contributed by atoms with Crippen LogP contribution in [-0.4, -0.2) is 148 Å². The van der Waals surface area contributed by atoms with E-state index in [0.29, 0.717) is 11.1 Å². The monoisotopic (exact) mass is 1640 g/mol. The lowest BCUT2D eigenvalue weighted by atomic mass is 10.00. The van der Waals surface area contributed by atoms with Crippen LogP contribution in [0.15, 0.2) is 291 Å². The minimum atomic E-state index is 0.709. The second kappa shape index (κ2) is 49.2. The lowest BCUT2D eigenvalue weighted by molar-refractivity contribution is 0.0398. The van der Waals surface area contributed by atoms with Gasteiger partial charge in [0, 0.05) is 139 Å². The number of piperidine rings is 1. The molecule has 12 aromatic rings. The highest BCUT2D eigenvalue weighted by Crippen LogP contribution is 2.33. The Labute approximate surface area is 736 Å². The normalized spacial score (nSPS) is 13.5. The van der Waals surface area contributed by atoms with Gasteiger partial charge < -0.3 is 44.2 Å². The highest BCUT2D eigenvalue weighted by molar-refractivity contribution is 5.78. The fourth-order valence-corrected chi connectivity index (χ4v) is 15.7. The Morgan fingerprint density at radius 3 is 0.879 bits per heavy atom. The van der Waals surface area contributed by atoms with Gasteiger partial charge in [-0.2, -0.15) is 31.6 Å². The molecule has 16 heteroatoms. The van der Waals surface area contributed by atoms with Gasteiger partial charge in [0.2, 0.25) is 0 Å². The summed E-state index contributed by atoms with van der Waals surface area (Å²) >= 11 is 0. The Morgan fingerprint density at radius 1 is 0.298 bits per heavy atom. The van der Waals surface area contributed by atoms with E-state index in [4.69, 9.17) is 20.0 Å². The van der Waals surface area contributed by atoms with E-state index in [1.54, 1.807) is 0 Å². The van der Waals surface area contributed by atoms with Gasteiger partial charge in [0.1, 0.15) is 0 Å². The van der Waals surface area contributed by atoms with Crippen LogP contribution in [0.25, 0.3) is 66.8 Å². The first kappa shape index (κ1) is 91.0. The minimum Gasteiger partial charge on any atom is -0.384 e. The highest BCUT2D eigenvalue weighted by atomic mass is 16.5. The summed E-state index contributed by atoms with van der Waals surface area (Å²) in [4.78, 5) is 16.7. The molecular formula is C108H114N14O2. The third-order valence-electron chi connectivity index (χ3n) is 22.7. The zero-order valence-corrected chi connectivity index (χ0v) is 72.5. The summed E-state index contributed by atoms with van der Waals surface area (Å²) in [5.41, 5.74) is 24.2. The number of hydrogen-bond acceptors (Lipinski definition) is 16. The number of nitrogens with one attached hydrogen (secondary N) is 1. The molecule has 1 N–H and O–H groups in total. The molecule has 0 radical (unpaired) electrons. The molecule has 16 nitrogen and oxygen atoms in total. The molecule has 4 fully saturated rings. The number of anilines is 6. The fraction of sp³-hybridized carbons (Fsp3) is 0.278. The van der Waals surface area contributed by atoms with E-state index in [-0.39, 0.29) is 0 Å². The first-order valence-electron chi connectivity index (χ1n) is 43.6. The van der Waals surface area contributed by atoms with Crippen molar-refractivity contribution in [1.82, 2.24) is 9.80 Å². The number of benzene rings is 12. The van der Waals surface area contributed by atoms with Crippen LogP contribution < -0.4 is 29.8 Å². The van der Waals surface area contributed by atoms with Crippen LogP contribution in [0.1, 0.15) is 93.2 Å². The van der Waals surface area contributed by atoms with Crippen LogP contribution >= 0.6 is 0 Å². The van der Waals surface area contributed by atoms with Crippen molar-refractivity contribution in [2.45, 2.75) is 59.8 Å². The molecule has 0 bridgehead atoms. The van der Waals surface area contributed by atoms with E-state index in [1.807, 2.05) is 146 Å². The van der Waals surface area contributed by atoms with Gasteiger partial charge in [0.15, 0.2) is 0 Å². The summed E-state index contributed by atoms with van der Waals surface area (Å²) in [6, 6.07) is 111. The van der Waals surface area contributed by atoms with Gasteiger partial charge in [-0.15, -0.1) is 0 Å². The molecule has 4 aliphatic rings. The molecule has 124 heavy (non-hydrogen) atoms. The van der Waals surface area contributed by atoms with Crippen LogP contribution in [0.3, 0.4) is 0 Å². The van der Waals surface area contributed by atoms with E-state index < -0.39 is 0 Å². The molecule has 4 heterocycles. The number of rotatable bonds is 21. The third-order valence-corrected chi connectivity index (χ3v) is 22.7. The molecule has 628 valence electrons. The number of piperazine rings is 1. The Kier molecular flexibility index (Phi) is 36.1. The maximum absolute atomic E-state index is 9.20. The van der Waals surface area contributed by atoms with Gasteiger partial charge in [-0.1, -0.05) is 196 Å². The van der Waals surface area contributed by atoms with Crippen molar-refractivity contribution in [3.8, 4) is 103 Å². The number of morpholine rings is 2. The van der Waals surface area contributed by atoms with Gasteiger partial charge in [0.05, 0.1) is 96.2 Å². The van der Waals surface area contributed by atoms with Gasteiger partial charge in [0.25, 0.3) is 0 Å². The largest absolute Gasteiger partial charge is 0.384 e. The minimum absolute atomic E-state index is 0.709. The smallest absolute Gasteiger partial charge is 0.0998 e. The molecule has 0 saturated carbocycles. The maximum Gasteiger partial charge on any atom is 0.0998 e. The zero-order valence-electron chi connectivity index (χ0n) is 72.5. The Hall–Kier alpha value is -13.8. The molecule has 0 spiro atoms. The van der Waals surface area contributed by atoms with Crippen LogP contribution in [0.2, 0.25) is 0 Å². The fourth-order valence-electron chi connectivity index (χ4n) is 15.7. The molecular weight excluding hydrogens is 1530 g/mol. The summed E-state index contributed by atoms with van der Waals surface area (Å²) in [6.45, 7) is 28.7. The SMILES string of the molecule is CCCN(CCC)c1ccc(-c2ccccc2C#N)cc1.CCN(CC)c1ccc(-c2ccccc2C#N)cc1.CN1CCN(c2ccc(-c3ccccc3C#N)cc2)CC1.N#Cc1ccccc1-c1ccc(N2CCCCC2)cc1.N#Cc1ccccc1-c1ccc(N2CCOCC2)cc1.N#Cc1ccccc1-c1ccc(NCCN2CCOCC2)cc1. The van der Waals surface area contributed by atoms with E-state index in [0.717, 1.165) is 239 Å². The van der Waals surface area contributed by atoms with Gasteiger partial charge >= 0.3 is 0 Å². The first-order valence-corrected chi connectivity index (χ1v) is 43.6. The van der Waals surface area contributed by atoms with E-state index >= 15 is 0 Å². The molecule has 0 aliphatic carbocycles. The van der Waals surface area contributed by atoms with Crippen molar-refractivity contribution in [2.75, 3.05) is 168 Å². The van der Waals surface area contributed by atoms with Crippen LogP contribution in [-0.2, 0) is 9.47 Å². The molecule has 0 amide bonds. The number of ether oxygens (including phenoxy) is 2. The quantitative estimate of drug-likeness (QED) is 0.0712. The second-order valence-corrected chi connectivity index (χ2v) is 30.7. The van der Waals surface area contributed by atoms with Gasteiger partial charge in [-0.3, -0.25) is 4.90 Å². The predicted octanol–water partition coefficient (Wildman–Crippen LogP) is 22.1. The Bertz CT molecular complexity index is 5410. The molecule has 4 saturated heterocycles. The standard InChI is InChI=1S/C19H21N3O.C19H22N2.C18H19N3.C18H18N2.C17H16N2O.C17H18N2/c20-15-17-3-1-2-4-19(17)16-5-7-18(8-6-16)21-9-10-22-11-13-23-14-12-22;1-3-13-21(14-4-2)18-11-9-16(10-12-18)19-8-6-5-7-17(19)15-20;1-20-10-12-21(13-11-20)17-8-6-15(7-9-17)18-5-3-2-4-16(18)14-19;19-14-16-6-2-3-7-18(16)15-8-10-17(11-9-15)20-12-4-1-5-13-20;18-13-15-3-1-2-4-17(15)14-5-7-16(8-6-14)19-9-11-20-12-10-19;1-3-19(4-2)16-11-9-14(10-12-16)17-8-6-5-7-15(17)13-18/h1-8,21H,9-14H2;5-12H,3-4,13-14H2,1-2H3;2-9H,10-13H2,1H3;2-3,6-11H,1,4-5,12-13H2;1-8H,9-12H2;5-12H,3-4H2,1-2H3. The molecule has 12 aromatic carbocycles. The predicted molar refractivity (Wildman–Crippen MR) is 510 cm³/mol. The molecule has 0 aromatic heterocycles. The van der Waals surface area contributed by atoms with Crippen LogP contribution in [0.4, 0.5) is 34.1 Å². The molecule has 16 rings (SSSR count). The molecule has 0 atom stereocenters. The van der Waals surface area contributed by atoms with Crippen molar-refractivity contribution in [1.29, 1.82) is 31.6 Å². The summed E-state index contributed by atoms with van der Waals surface area (Å²) < 4.78 is 10.7. The molecule has 4 aliphatic heterocycles. The van der Waals surface area contributed by atoms with Crippen molar-refractivity contribution in [3.05, 3.63) is 325 Å². The van der Waals surface area contributed by atoms with E-state index in [9.17, 15) is 21.0 Å². The summed E-state index contributed by atoms with van der Waals surface area (Å²) in [5.74, 6) is 0. The number of likely N-dealkylation sites (N-methyl/N-ethyl adjacent to an activating group) is 1. The summed E-state index contributed by atoms with van der Waals surface area (Å²) in [5, 5.41) is 58.5. The van der Waals surface area contributed by atoms with Crippen molar-refractivity contribution in [3.63, 3.8) is 0 Å². The average molecular weight is 1640 g/mol. The van der Waals surface area contributed by atoms with Gasteiger partial charge in [-0.05, 0) is 229 Å². The van der Waals surface area contributed by atoms with Crippen LogP contribution in [0, 0.1) is 68.0 Å². The second-order valence-electron chi connectivity index (χ2n) is 30.7. The Balaban J connectivity index is 0.000000145. The number of hydrogen-bond donors (Lipinski definition) is 1.